The van der Waals surface area contributed by atoms with Crippen LogP contribution in [-0.2, 0) is 6.42 Å². The maximum atomic E-state index is 10.2. The van der Waals surface area contributed by atoms with Gasteiger partial charge in [-0.05, 0) is 49.1 Å². The molecule has 1 atom stereocenters. The van der Waals surface area contributed by atoms with Crippen molar-refractivity contribution in [3.63, 3.8) is 0 Å². The van der Waals surface area contributed by atoms with Gasteiger partial charge < -0.3 is 9.52 Å². The minimum Gasteiger partial charge on any atom is -0.469 e. The van der Waals surface area contributed by atoms with Crippen LogP contribution >= 0.6 is 0 Å². The van der Waals surface area contributed by atoms with Gasteiger partial charge >= 0.3 is 0 Å². The second-order valence-electron chi connectivity index (χ2n) is 5.85. The molecule has 0 aromatic carbocycles. The van der Waals surface area contributed by atoms with E-state index in [1.165, 1.54) is 12.8 Å². The molecule has 90 valence electrons. The van der Waals surface area contributed by atoms with Gasteiger partial charge in [0.25, 0.3) is 0 Å². The second kappa shape index (κ2) is 4.62. The highest BCUT2D eigenvalue weighted by atomic mass is 16.3. The smallest absolute Gasteiger partial charge is 0.106 e. The van der Waals surface area contributed by atoms with E-state index in [2.05, 4.69) is 13.8 Å². The molecule has 0 bridgehead atoms. The van der Waals surface area contributed by atoms with E-state index in [9.17, 15) is 5.11 Å². The molecule has 1 aromatic rings. The number of hydrogen-bond acceptors (Lipinski definition) is 2. The summed E-state index contributed by atoms with van der Waals surface area (Å²) in [5.74, 6) is 1.36. The average Bonchev–Trinajstić information content (AvgIpc) is 2.70. The molecular weight excluding hydrogens is 200 g/mol. The lowest BCUT2D eigenvalue weighted by Gasteiger charge is -2.36. The summed E-state index contributed by atoms with van der Waals surface area (Å²) in [6, 6.07) is 3.82. The molecule has 16 heavy (non-hydrogen) atoms. The largest absolute Gasteiger partial charge is 0.469 e. The minimum atomic E-state index is -0.234. The molecule has 1 aromatic heterocycles. The van der Waals surface area contributed by atoms with E-state index in [1.54, 1.807) is 6.26 Å². The van der Waals surface area contributed by atoms with Crippen LogP contribution in [0.2, 0.25) is 0 Å². The standard InChI is InChI=1S/C14H22O2/c1-14(2)7-5-11(6-8-14)13(15)10-12-4-3-9-16-12/h3-4,9,11,13,15H,5-8,10H2,1-2H3. The van der Waals surface area contributed by atoms with Gasteiger partial charge in [-0.25, -0.2) is 0 Å². The van der Waals surface area contributed by atoms with Crippen LogP contribution in [0.25, 0.3) is 0 Å². The van der Waals surface area contributed by atoms with E-state index in [0.717, 1.165) is 18.6 Å². The van der Waals surface area contributed by atoms with E-state index in [-0.39, 0.29) is 6.10 Å². The van der Waals surface area contributed by atoms with Gasteiger partial charge in [-0.15, -0.1) is 0 Å². The number of aliphatic hydroxyl groups is 1. The first-order valence-electron chi connectivity index (χ1n) is 6.27. The number of hydrogen-bond donors (Lipinski definition) is 1. The van der Waals surface area contributed by atoms with E-state index in [4.69, 9.17) is 4.42 Å². The summed E-state index contributed by atoms with van der Waals surface area (Å²) in [7, 11) is 0. The third-order valence-electron chi connectivity index (χ3n) is 3.92. The minimum absolute atomic E-state index is 0.234. The van der Waals surface area contributed by atoms with Crippen LogP contribution in [0.15, 0.2) is 22.8 Å². The van der Waals surface area contributed by atoms with Crippen LogP contribution < -0.4 is 0 Å². The van der Waals surface area contributed by atoms with Crippen LogP contribution in [0.3, 0.4) is 0 Å². The van der Waals surface area contributed by atoms with E-state index in [0.29, 0.717) is 17.8 Å². The summed E-state index contributed by atoms with van der Waals surface area (Å²) in [5.41, 5.74) is 0.473. The van der Waals surface area contributed by atoms with Crippen LogP contribution in [0.5, 0.6) is 0 Å². The third kappa shape index (κ3) is 2.88. The Labute approximate surface area is 97.7 Å². The van der Waals surface area contributed by atoms with Gasteiger partial charge in [0.1, 0.15) is 5.76 Å². The first-order valence-corrected chi connectivity index (χ1v) is 6.27. The maximum absolute atomic E-state index is 10.2. The Bertz CT molecular complexity index is 303. The maximum Gasteiger partial charge on any atom is 0.106 e. The van der Waals surface area contributed by atoms with Crippen LogP contribution in [-0.4, -0.2) is 11.2 Å². The fourth-order valence-electron chi connectivity index (χ4n) is 2.61. The number of aliphatic hydroxyl groups excluding tert-OH is 1. The fraction of sp³-hybridized carbons (Fsp3) is 0.714. The van der Waals surface area contributed by atoms with Gasteiger partial charge in [0.15, 0.2) is 0 Å². The lowest BCUT2D eigenvalue weighted by atomic mass is 9.71. The molecular formula is C14H22O2. The highest BCUT2D eigenvalue weighted by molar-refractivity contribution is 5.00. The molecule has 1 heterocycles. The third-order valence-corrected chi connectivity index (χ3v) is 3.92. The van der Waals surface area contributed by atoms with E-state index in [1.807, 2.05) is 12.1 Å². The first-order chi connectivity index (χ1) is 7.57. The van der Waals surface area contributed by atoms with Crippen molar-refractivity contribution in [3.8, 4) is 0 Å². The molecule has 1 aliphatic carbocycles. The van der Waals surface area contributed by atoms with Crippen LogP contribution in [0, 0.1) is 11.3 Å². The lowest BCUT2D eigenvalue weighted by Crippen LogP contribution is -2.30. The molecule has 2 heteroatoms. The first kappa shape index (κ1) is 11.7. The summed E-state index contributed by atoms with van der Waals surface area (Å²) in [6.07, 6.45) is 6.86. The van der Waals surface area contributed by atoms with Crippen LogP contribution in [0.1, 0.15) is 45.3 Å². The van der Waals surface area contributed by atoms with Gasteiger partial charge in [0.2, 0.25) is 0 Å². The Balaban J connectivity index is 1.85. The molecule has 0 radical (unpaired) electrons. The van der Waals surface area contributed by atoms with Crippen molar-refractivity contribution < 1.29 is 9.52 Å². The quantitative estimate of drug-likeness (QED) is 0.850. The van der Waals surface area contributed by atoms with Crippen molar-refractivity contribution in [3.05, 3.63) is 24.2 Å². The number of rotatable bonds is 3. The van der Waals surface area contributed by atoms with Crippen molar-refractivity contribution in [1.82, 2.24) is 0 Å². The summed E-state index contributed by atoms with van der Waals surface area (Å²) < 4.78 is 5.28. The van der Waals surface area contributed by atoms with E-state index >= 15 is 0 Å². The summed E-state index contributed by atoms with van der Waals surface area (Å²) in [6.45, 7) is 4.64. The van der Waals surface area contributed by atoms with Crippen molar-refractivity contribution in [2.45, 2.75) is 52.1 Å². The molecule has 0 spiro atoms. The summed E-state index contributed by atoms with van der Waals surface area (Å²) >= 11 is 0. The Morgan fingerprint density at radius 1 is 1.44 bits per heavy atom. The summed E-state index contributed by atoms with van der Waals surface area (Å²) in [4.78, 5) is 0. The molecule has 2 nitrogen and oxygen atoms in total. The Morgan fingerprint density at radius 2 is 2.12 bits per heavy atom. The zero-order valence-corrected chi connectivity index (χ0v) is 10.3. The van der Waals surface area contributed by atoms with Crippen molar-refractivity contribution in [1.29, 1.82) is 0 Å². The number of furan rings is 1. The van der Waals surface area contributed by atoms with Crippen LogP contribution in [0.4, 0.5) is 0 Å². The van der Waals surface area contributed by atoms with Crippen molar-refractivity contribution in [2.24, 2.45) is 11.3 Å². The Morgan fingerprint density at radius 3 is 2.69 bits per heavy atom. The van der Waals surface area contributed by atoms with Gasteiger partial charge in [0.05, 0.1) is 12.4 Å². The molecule has 1 fully saturated rings. The van der Waals surface area contributed by atoms with Crippen molar-refractivity contribution >= 4 is 0 Å². The molecule has 0 saturated heterocycles. The molecule has 0 amide bonds. The zero-order chi connectivity index (χ0) is 11.6. The Kier molecular flexibility index (Phi) is 3.38. The normalized spacial score (nSPS) is 23.2. The van der Waals surface area contributed by atoms with Gasteiger partial charge in [-0.1, -0.05) is 13.8 Å². The van der Waals surface area contributed by atoms with Crippen molar-refractivity contribution in [2.75, 3.05) is 0 Å². The van der Waals surface area contributed by atoms with E-state index < -0.39 is 0 Å². The zero-order valence-electron chi connectivity index (χ0n) is 10.3. The molecule has 1 aliphatic rings. The Hall–Kier alpha value is -0.760. The fourth-order valence-corrected chi connectivity index (χ4v) is 2.61. The molecule has 2 rings (SSSR count). The molecule has 1 unspecified atom stereocenters. The highest BCUT2D eigenvalue weighted by Gasteiger charge is 2.30. The SMILES string of the molecule is CC1(C)CCC(C(O)Cc2ccco2)CC1. The van der Waals surface area contributed by atoms with Gasteiger partial charge in [-0.3, -0.25) is 0 Å². The monoisotopic (exact) mass is 222 g/mol. The topological polar surface area (TPSA) is 33.4 Å². The van der Waals surface area contributed by atoms with Gasteiger partial charge in [0, 0.05) is 6.42 Å². The predicted octanol–water partition coefficient (Wildman–Crippen LogP) is 3.40. The summed E-state index contributed by atoms with van der Waals surface area (Å²) in [5, 5.41) is 10.2. The highest BCUT2D eigenvalue weighted by Crippen LogP contribution is 2.39. The second-order valence-corrected chi connectivity index (χ2v) is 5.85. The predicted molar refractivity (Wildman–Crippen MR) is 64.2 cm³/mol. The lowest BCUT2D eigenvalue weighted by molar-refractivity contribution is 0.0543. The molecule has 1 N–H and O–H groups in total. The molecule has 0 aliphatic heterocycles. The average molecular weight is 222 g/mol. The van der Waals surface area contributed by atoms with Gasteiger partial charge in [-0.2, -0.15) is 0 Å². The molecule has 1 saturated carbocycles.